The van der Waals surface area contributed by atoms with Gasteiger partial charge in [0.1, 0.15) is 0 Å². The molecule has 0 aromatic heterocycles. The molecule has 0 saturated carbocycles. The van der Waals surface area contributed by atoms with Gasteiger partial charge < -0.3 is 0 Å². The first-order chi connectivity index (χ1) is 7.99. The summed E-state index contributed by atoms with van der Waals surface area (Å²) in [6.45, 7) is 0. The molecular formula is C12H9ClF3N. The molecule has 5 heteroatoms. The van der Waals surface area contributed by atoms with Gasteiger partial charge in [-0.1, -0.05) is 18.2 Å². The maximum absolute atomic E-state index is 12.4. The summed E-state index contributed by atoms with van der Waals surface area (Å²) < 4.78 is 37.2. The van der Waals surface area contributed by atoms with E-state index in [0.717, 1.165) is 12.1 Å². The second kappa shape index (κ2) is 5.74. The van der Waals surface area contributed by atoms with Gasteiger partial charge in [0.05, 0.1) is 17.2 Å². The largest absolute Gasteiger partial charge is 0.416 e. The minimum absolute atomic E-state index is 0.00523. The van der Waals surface area contributed by atoms with Crippen LogP contribution < -0.4 is 0 Å². The van der Waals surface area contributed by atoms with E-state index >= 15 is 0 Å². The Morgan fingerprint density at radius 2 is 2.06 bits per heavy atom. The molecule has 1 nitrogen and oxygen atoms in total. The lowest BCUT2D eigenvalue weighted by Crippen LogP contribution is -2.05. The molecule has 0 amide bonds. The topological polar surface area (TPSA) is 23.8 Å². The molecule has 1 aromatic carbocycles. The van der Waals surface area contributed by atoms with Crippen LogP contribution in [0.3, 0.4) is 0 Å². The van der Waals surface area contributed by atoms with Crippen LogP contribution >= 0.6 is 11.6 Å². The first-order valence-corrected chi connectivity index (χ1v) is 5.36. The highest BCUT2D eigenvalue weighted by Crippen LogP contribution is 2.30. The van der Waals surface area contributed by atoms with Crippen molar-refractivity contribution in [2.24, 2.45) is 0 Å². The predicted molar refractivity (Wildman–Crippen MR) is 60.5 cm³/mol. The van der Waals surface area contributed by atoms with Gasteiger partial charge in [-0.25, -0.2) is 0 Å². The van der Waals surface area contributed by atoms with Gasteiger partial charge in [0.15, 0.2) is 0 Å². The average Bonchev–Trinajstić information content (AvgIpc) is 2.28. The van der Waals surface area contributed by atoms with E-state index in [4.69, 9.17) is 16.9 Å². The number of benzene rings is 1. The van der Waals surface area contributed by atoms with Crippen molar-refractivity contribution in [2.45, 2.75) is 12.6 Å². The molecule has 1 rings (SSSR count). The van der Waals surface area contributed by atoms with Crippen LogP contribution in [-0.4, -0.2) is 5.88 Å². The third kappa shape index (κ3) is 3.79. The number of alkyl halides is 4. The molecule has 0 aliphatic heterocycles. The smallest absolute Gasteiger partial charge is 0.192 e. The summed E-state index contributed by atoms with van der Waals surface area (Å²) in [4.78, 5) is 0. The Morgan fingerprint density at radius 3 is 2.59 bits per heavy atom. The fraction of sp³-hybridized carbons (Fsp3) is 0.250. The van der Waals surface area contributed by atoms with E-state index in [9.17, 15) is 13.2 Å². The lowest BCUT2D eigenvalue weighted by Gasteiger charge is -2.07. The Morgan fingerprint density at radius 1 is 1.35 bits per heavy atom. The van der Waals surface area contributed by atoms with Crippen molar-refractivity contribution in [1.82, 2.24) is 0 Å². The van der Waals surface area contributed by atoms with Gasteiger partial charge in [-0.3, -0.25) is 0 Å². The summed E-state index contributed by atoms with van der Waals surface area (Å²) in [5, 5.41) is 8.79. The minimum Gasteiger partial charge on any atom is -0.192 e. The molecule has 0 spiro atoms. The van der Waals surface area contributed by atoms with Crippen LogP contribution in [0.15, 0.2) is 24.3 Å². The fourth-order valence-electron chi connectivity index (χ4n) is 1.25. The van der Waals surface area contributed by atoms with Gasteiger partial charge in [0.2, 0.25) is 0 Å². The number of rotatable bonds is 3. The number of halogens is 4. The zero-order valence-electron chi connectivity index (χ0n) is 8.76. The molecule has 0 N–H and O–H groups in total. The molecule has 17 heavy (non-hydrogen) atoms. The average molecular weight is 260 g/mol. The van der Waals surface area contributed by atoms with Crippen LogP contribution in [0.2, 0.25) is 0 Å². The molecule has 0 unspecified atom stereocenters. The lowest BCUT2D eigenvalue weighted by molar-refractivity contribution is -0.137. The van der Waals surface area contributed by atoms with Gasteiger partial charge in [-0.2, -0.15) is 18.4 Å². The van der Waals surface area contributed by atoms with Crippen molar-refractivity contribution in [2.75, 3.05) is 5.88 Å². The number of hydrogen-bond acceptors (Lipinski definition) is 1. The standard InChI is InChI=1S/C12H9ClF3N/c13-6-2-1-3-9-4-5-11(12(14,15)16)7-10(9)8-17/h1,3-5,7H,2,6H2. The van der Waals surface area contributed by atoms with Gasteiger partial charge in [0, 0.05) is 5.88 Å². The van der Waals surface area contributed by atoms with Crippen LogP contribution in [0, 0.1) is 11.3 Å². The van der Waals surface area contributed by atoms with E-state index in [1.165, 1.54) is 6.07 Å². The molecule has 0 radical (unpaired) electrons. The van der Waals surface area contributed by atoms with Crippen molar-refractivity contribution in [3.05, 3.63) is 41.0 Å². The van der Waals surface area contributed by atoms with Gasteiger partial charge >= 0.3 is 6.18 Å². The Labute approximate surface area is 102 Å². The van der Waals surface area contributed by atoms with Crippen molar-refractivity contribution in [3.8, 4) is 6.07 Å². The minimum atomic E-state index is -4.43. The van der Waals surface area contributed by atoms with E-state index in [1.807, 2.05) is 0 Å². The Bertz CT molecular complexity index is 458. The van der Waals surface area contributed by atoms with E-state index in [1.54, 1.807) is 18.2 Å². The second-order valence-corrected chi connectivity index (χ2v) is 3.67. The monoisotopic (exact) mass is 259 g/mol. The molecule has 0 heterocycles. The Hall–Kier alpha value is -1.47. The van der Waals surface area contributed by atoms with E-state index in [-0.39, 0.29) is 5.56 Å². The molecule has 0 fully saturated rings. The van der Waals surface area contributed by atoms with E-state index in [2.05, 4.69) is 0 Å². The molecule has 0 bridgehead atoms. The van der Waals surface area contributed by atoms with Gasteiger partial charge in [0.25, 0.3) is 0 Å². The summed E-state index contributed by atoms with van der Waals surface area (Å²) in [5.41, 5.74) is -0.347. The molecule has 90 valence electrons. The molecule has 0 aliphatic carbocycles. The Balaban J connectivity index is 3.07. The van der Waals surface area contributed by atoms with Gasteiger partial charge in [-0.15, -0.1) is 11.6 Å². The zero-order valence-corrected chi connectivity index (χ0v) is 9.52. The number of nitrogens with zero attached hydrogens (tertiary/aromatic N) is 1. The van der Waals surface area contributed by atoms with Crippen LogP contribution in [0.1, 0.15) is 23.1 Å². The number of allylic oxidation sites excluding steroid dienone is 1. The van der Waals surface area contributed by atoms with Crippen LogP contribution in [0.25, 0.3) is 6.08 Å². The molecule has 0 atom stereocenters. The van der Waals surface area contributed by atoms with Crippen LogP contribution in [0.5, 0.6) is 0 Å². The summed E-state index contributed by atoms with van der Waals surface area (Å²) >= 11 is 5.46. The first-order valence-electron chi connectivity index (χ1n) is 4.83. The summed E-state index contributed by atoms with van der Waals surface area (Å²) in [7, 11) is 0. The highest BCUT2D eigenvalue weighted by Gasteiger charge is 2.30. The van der Waals surface area contributed by atoms with Crippen molar-refractivity contribution in [1.29, 1.82) is 5.26 Å². The maximum Gasteiger partial charge on any atom is 0.416 e. The summed E-state index contributed by atoms with van der Waals surface area (Å²) in [6.07, 6.45) is -0.505. The first kappa shape index (κ1) is 13.6. The van der Waals surface area contributed by atoms with Crippen LogP contribution in [0.4, 0.5) is 13.2 Å². The highest BCUT2D eigenvalue weighted by molar-refractivity contribution is 6.17. The third-order valence-corrected chi connectivity index (χ3v) is 2.29. The highest BCUT2D eigenvalue weighted by atomic mass is 35.5. The predicted octanol–water partition coefficient (Wildman–Crippen LogP) is 4.22. The lowest BCUT2D eigenvalue weighted by atomic mass is 10.0. The fourth-order valence-corrected chi connectivity index (χ4v) is 1.37. The third-order valence-electron chi connectivity index (χ3n) is 2.07. The molecule has 0 aliphatic rings. The van der Waals surface area contributed by atoms with Gasteiger partial charge in [-0.05, 0) is 24.1 Å². The molecular weight excluding hydrogens is 251 g/mol. The van der Waals surface area contributed by atoms with Crippen molar-refractivity contribution < 1.29 is 13.2 Å². The normalized spacial score (nSPS) is 11.7. The molecule has 0 saturated heterocycles. The van der Waals surface area contributed by atoms with E-state index < -0.39 is 11.7 Å². The summed E-state index contributed by atoms with van der Waals surface area (Å²) in [6, 6.07) is 4.84. The maximum atomic E-state index is 12.4. The zero-order chi connectivity index (χ0) is 12.9. The quantitative estimate of drug-likeness (QED) is 0.746. The van der Waals surface area contributed by atoms with Crippen molar-refractivity contribution in [3.63, 3.8) is 0 Å². The van der Waals surface area contributed by atoms with E-state index in [0.29, 0.717) is 17.9 Å². The molecule has 1 aromatic rings. The summed E-state index contributed by atoms with van der Waals surface area (Å²) in [5.74, 6) is 0.430. The second-order valence-electron chi connectivity index (χ2n) is 3.29. The number of nitriles is 1. The Kier molecular flexibility index (Phi) is 4.59. The van der Waals surface area contributed by atoms with Crippen LogP contribution in [-0.2, 0) is 6.18 Å². The SMILES string of the molecule is N#Cc1cc(C(F)(F)F)ccc1C=CCCCl. The number of hydrogen-bond donors (Lipinski definition) is 0. The van der Waals surface area contributed by atoms with Crippen molar-refractivity contribution >= 4 is 17.7 Å².